The average Bonchev–Trinajstić information content (AvgIpc) is 2.77. The Morgan fingerprint density at radius 1 is 0.931 bits per heavy atom. The van der Waals surface area contributed by atoms with Crippen LogP contribution in [0, 0.1) is 0 Å². The van der Waals surface area contributed by atoms with Crippen molar-refractivity contribution in [2.45, 2.75) is 18.9 Å². The average molecular weight is 394 g/mol. The predicted octanol–water partition coefficient (Wildman–Crippen LogP) is 5.20. The van der Waals surface area contributed by atoms with Crippen molar-refractivity contribution in [2.75, 3.05) is 20.3 Å². The Labute approximate surface area is 170 Å². The Hall–Kier alpha value is -3.18. The van der Waals surface area contributed by atoms with Crippen LogP contribution in [0.3, 0.4) is 0 Å². The molecule has 152 valence electrons. The van der Waals surface area contributed by atoms with Gasteiger partial charge in [-0.25, -0.2) is 0 Å². The van der Waals surface area contributed by atoms with E-state index < -0.39 is 6.10 Å². The van der Waals surface area contributed by atoms with E-state index in [1.807, 2.05) is 48.5 Å². The minimum atomic E-state index is -0.571. The molecule has 0 unspecified atom stereocenters. The molecule has 0 spiro atoms. The van der Waals surface area contributed by atoms with E-state index >= 15 is 0 Å². The summed E-state index contributed by atoms with van der Waals surface area (Å²) in [7, 11) is 1.49. The van der Waals surface area contributed by atoms with Gasteiger partial charge in [0.05, 0.1) is 13.2 Å². The molecule has 0 saturated carbocycles. The Bertz CT molecular complexity index is 928. The topological polar surface area (TPSA) is 68.2 Å². The van der Waals surface area contributed by atoms with Gasteiger partial charge in [-0.05, 0) is 29.1 Å². The molecule has 3 aromatic carbocycles. The number of aliphatic hydroxyl groups excluding tert-OH is 2. The molecular weight excluding hydrogens is 368 g/mol. The van der Waals surface area contributed by atoms with Crippen molar-refractivity contribution in [1.29, 1.82) is 0 Å². The van der Waals surface area contributed by atoms with Gasteiger partial charge in [-0.1, -0.05) is 48.5 Å². The lowest BCUT2D eigenvalue weighted by atomic mass is 10.1. The van der Waals surface area contributed by atoms with Crippen molar-refractivity contribution in [3.63, 3.8) is 0 Å². The zero-order valence-corrected chi connectivity index (χ0v) is 16.5. The minimum absolute atomic E-state index is 0.195. The molecule has 3 rings (SSSR count). The molecule has 2 N–H and O–H groups in total. The van der Waals surface area contributed by atoms with Crippen LogP contribution in [0.25, 0.3) is 10.8 Å². The van der Waals surface area contributed by atoms with Crippen LogP contribution < -0.4 is 9.47 Å². The predicted molar refractivity (Wildman–Crippen MR) is 114 cm³/mol. The summed E-state index contributed by atoms with van der Waals surface area (Å²) in [5.74, 6) is 1.47. The fourth-order valence-corrected chi connectivity index (χ4v) is 3.08. The van der Waals surface area contributed by atoms with E-state index in [0.717, 1.165) is 28.9 Å². The van der Waals surface area contributed by atoms with Crippen LogP contribution in [0.2, 0.25) is 0 Å². The molecule has 0 radical (unpaired) electrons. The minimum Gasteiger partial charge on any atom is -0.512 e. The monoisotopic (exact) mass is 394 g/mol. The first-order valence-corrected chi connectivity index (χ1v) is 9.59. The number of fused-ring (bicyclic) bond motifs is 1. The molecule has 5 nitrogen and oxygen atoms in total. The third-order valence-electron chi connectivity index (χ3n) is 4.66. The second-order valence-electron chi connectivity index (χ2n) is 6.65. The molecule has 0 aliphatic heterocycles. The van der Waals surface area contributed by atoms with Crippen LogP contribution in [-0.4, -0.2) is 36.6 Å². The van der Waals surface area contributed by atoms with Crippen molar-refractivity contribution >= 4 is 10.8 Å². The number of rotatable bonds is 10. The molecule has 0 aliphatic carbocycles. The highest BCUT2D eigenvalue weighted by atomic mass is 16.5. The Kier molecular flexibility index (Phi) is 7.36. The number of hydrogen-bond acceptors (Lipinski definition) is 5. The van der Waals surface area contributed by atoms with Crippen LogP contribution in [0.4, 0.5) is 0 Å². The Morgan fingerprint density at radius 3 is 2.41 bits per heavy atom. The lowest BCUT2D eigenvalue weighted by Crippen LogP contribution is -2.17. The van der Waals surface area contributed by atoms with Gasteiger partial charge in [-0.2, -0.15) is 0 Å². The van der Waals surface area contributed by atoms with Crippen molar-refractivity contribution in [3.05, 3.63) is 84.3 Å². The van der Waals surface area contributed by atoms with E-state index in [4.69, 9.17) is 19.3 Å². The van der Waals surface area contributed by atoms with E-state index in [2.05, 4.69) is 18.2 Å². The van der Waals surface area contributed by atoms with Gasteiger partial charge in [0, 0.05) is 25.3 Å². The zero-order chi connectivity index (χ0) is 20.5. The van der Waals surface area contributed by atoms with Crippen molar-refractivity contribution in [2.24, 2.45) is 0 Å². The summed E-state index contributed by atoms with van der Waals surface area (Å²) in [6, 6.07) is 21.8. The summed E-state index contributed by atoms with van der Waals surface area (Å²) >= 11 is 0. The highest BCUT2D eigenvalue weighted by Gasteiger charge is 2.13. The molecule has 0 bridgehead atoms. The first-order chi connectivity index (χ1) is 14.2. The standard InChI is InChI=1S/C24H26O5/c1-27-24(22(26)17-25)16-18-10-12-20(13-11-18)28-14-5-15-29-23-9-4-7-19-6-2-3-8-21(19)23/h2-4,6-13,17,24-26H,5,14-16H2,1H3/b22-17+/t24-/m0/s1. The molecular formula is C24H26O5. The van der Waals surface area contributed by atoms with E-state index in [9.17, 15) is 5.11 Å². The lowest BCUT2D eigenvalue weighted by Gasteiger charge is -2.14. The Morgan fingerprint density at radius 2 is 1.66 bits per heavy atom. The molecule has 0 amide bonds. The van der Waals surface area contributed by atoms with Gasteiger partial charge >= 0.3 is 0 Å². The van der Waals surface area contributed by atoms with E-state index in [1.165, 1.54) is 12.5 Å². The van der Waals surface area contributed by atoms with Crippen LogP contribution >= 0.6 is 0 Å². The summed E-state index contributed by atoms with van der Waals surface area (Å²) in [5, 5.41) is 20.8. The van der Waals surface area contributed by atoms with Gasteiger partial charge in [0.2, 0.25) is 0 Å². The second kappa shape index (κ2) is 10.4. The van der Waals surface area contributed by atoms with Crippen LogP contribution in [-0.2, 0) is 11.2 Å². The molecule has 0 saturated heterocycles. The summed E-state index contributed by atoms with van der Waals surface area (Å²) in [6.07, 6.45) is 1.31. The maximum Gasteiger partial charge on any atom is 0.156 e. The lowest BCUT2D eigenvalue weighted by molar-refractivity contribution is 0.0890. The maximum absolute atomic E-state index is 9.59. The van der Waals surface area contributed by atoms with E-state index in [1.54, 1.807) is 0 Å². The number of ether oxygens (including phenoxy) is 3. The first kappa shape index (κ1) is 20.6. The second-order valence-corrected chi connectivity index (χ2v) is 6.65. The maximum atomic E-state index is 9.59. The van der Waals surface area contributed by atoms with Crippen LogP contribution in [0.1, 0.15) is 12.0 Å². The van der Waals surface area contributed by atoms with Crippen LogP contribution in [0.15, 0.2) is 78.8 Å². The number of hydrogen-bond donors (Lipinski definition) is 2. The molecule has 0 fully saturated rings. The summed E-state index contributed by atoms with van der Waals surface area (Å²) in [4.78, 5) is 0. The van der Waals surface area contributed by atoms with Crippen LogP contribution in [0.5, 0.6) is 11.5 Å². The highest BCUT2D eigenvalue weighted by molar-refractivity contribution is 5.88. The first-order valence-electron chi connectivity index (χ1n) is 9.59. The smallest absolute Gasteiger partial charge is 0.156 e. The van der Waals surface area contributed by atoms with Gasteiger partial charge in [-0.3, -0.25) is 0 Å². The number of benzene rings is 3. The molecule has 29 heavy (non-hydrogen) atoms. The number of methoxy groups -OCH3 is 1. The Balaban J connectivity index is 1.44. The molecule has 5 heteroatoms. The van der Waals surface area contributed by atoms with Gasteiger partial charge in [0.1, 0.15) is 23.9 Å². The molecule has 0 aromatic heterocycles. The van der Waals surface area contributed by atoms with Crippen molar-refractivity contribution in [3.8, 4) is 11.5 Å². The number of aliphatic hydroxyl groups is 2. The molecule has 1 atom stereocenters. The van der Waals surface area contributed by atoms with Gasteiger partial charge < -0.3 is 24.4 Å². The SMILES string of the molecule is CO[C@@H](Cc1ccc(OCCCOc2cccc3ccccc23)cc1)/C(O)=C\O. The molecule has 0 aliphatic rings. The zero-order valence-electron chi connectivity index (χ0n) is 16.5. The van der Waals surface area contributed by atoms with Gasteiger partial charge in [0.25, 0.3) is 0 Å². The molecule has 3 aromatic rings. The van der Waals surface area contributed by atoms with Crippen molar-refractivity contribution in [1.82, 2.24) is 0 Å². The fraction of sp³-hybridized carbons (Fsp3) is 0.250. The van der Waals surface area contributed by atoms with Gasteiger partial charge in [-0.15, -0.1) is 0 Å². The summed E-state index contributed by atoms with van der Waals surface area (Å²) in [5.41, 5.74) is 0.969. The summed E-state index contributed by atoms with van der Waals surface area (Å²) < 4.78 is 16.9. The third-order valence-corrected chi connectivity index (χ3v) is 4.66. The normalized spacial score (nSPS) is 12.7. The van der Waals surface area contributed by atoms with Crippen molar-refractivity contribution < 1.29 is 24.4 Å². The van der Waals surface area contributed by atoms with E-state index in [0.29, 0.717) is 25.9 Å². The molecule has 0 heterocycles. The van der Waals surface area contributed by atoms with E-state index in [-0.39, 0.29) is 5.76 Å². The summed E-state index contributed by atoms with van der Waals surface area (Å²) in [6.45, 7) is 1.13. The fourth-order valence-electron chi connectivity index (χ4n) is 3.08. The third kappa shape index (κ3) is 5.65. The highest BCUT2D eigenvalue weighted by Crippen LogP contribution is 2.25. The largest absolute Gasteiger partial charge is 0.512 e. The van der Waals surface area contributed by atoms with Gasteiger partial charge in [0.15, 0.2) is 5.76 Å². The quantitative estimate of drug-likeness (QED) is 0.365.